The lowest BCUT2D eigenvalue weighted by molar-refractivity contribution is -0.00627. The van der Waals surface area contributed by atoms with E-state index in [0.29, 0.717) is 17.9 Å². The van der Waals surface area contributed by atoms with Crippen molar-refractivity contribution in [3.63, 3.8) is 0 Å². The van der Waals surface area contributed by atoms with Gasteiger partial charge >= 0.3 is 0 Å². The topological polar surface area (TPSA) is 86.9 Å². The van der Waals surface area contributed by atoms with Gasteiger partial charge in [0.05, 0.1) is 29.6 Å². The summed E-state index contributed by atoms with van der Waals surface area (Å²) in [6, 6.07) is 5.49. The molecule has 2 aliphatic carbocycles. The molecular formula is C26H30N4O4. The summed E-state index contributed by atoms with van der Waals surface area (Å²) in [6.07, 6.45) is 10.5. The predicted molar refractivity (Wildman–Crippen MR) is 128 cm³/mol. The van der Waals surface area contributed by atoms with Crippen molar-refractivity contribution in [2.45, 2.75) is 76.0 Å². The average Bonchev–Trinajstić information content (AvgIpc) is 3.32. The average molecular weight is 463 g/mol. The molecule has 8 nitrogen and oxygen atoms in total. The third kappa shape index (κ3) is 3.52. The number of fused-ring (bicyclic) bond motifs is 3. The van der Waals surface area contributed by atoms with E-state index >= 15 is 0 Å². The Hall–Kier alpha value is -3.13. The normalized spacial score (nSPS) is 25.9. The van der Waals surface area contributed by atoms with Crippen LogP contribution in [0.25, 0.3) is 5.65 Å². The van der Waals surface area contributed by atoms with E-state index in [9.17, 15) is 9.59 Å². The van der Waals surface area contributed by atoms with Crippen LogP contribution in [0.3, 0.4) is 0 Å². The summed E-state index contributed by atoms with van der Waals surface area (Å²) in [4.78, 5) is 31.1. The minimum atomic E-state index is -0.380. The minimum absolute atomic E-state index is 0.0597. The smallest absolute Gasteiger partial charge is 0.274 e. The number of anilines is 1. The van der Waals surface area contributed by atoms with E-state index in [1.54, 1.807) is 29.1 Å². The zero-order chi connectivity index (χ0) is 23.7. The SMILES string of the molecule is CC(C)Oc1cc2nc([C@@]34CC[C@@](C)(C3)OC4)cn2cc1C(=O)Nc1cccn(C2CC2)c1=O. The van der Waals surface area contributed by atoms with Crippen molar-refractivity contribution < 1.29 is 14.3 Å². The van der Waals surface area contributed by atoms with Gasteiger partial charge in [-0.3, -0.25) is 9.59 Å². The number of hydrogen-bond acceptors (Lipinski definition) is 5. The number of hydrogen-bond donors (Lipinski definition) is 1. The van der Waals surface area contributed by atoms with Crippen LogP contribution >= 0.6 is 0 Å². The molecule has 0 radical (unpaired) electrons. The molecule has 1 aliphatic heterocycles. The van der Waals surface area contributed by atoms with Crippen molar-refractivity contribution in [3.05, 3.63) is 58.4 Å². The van der Waals surface area contributed by atoms with Gasteiger partial charge in [0.2, 0.25) is 0 Å². The van der Waals surface area contributed by atoms with Crippen molar-refractivity contribution >= 4 is 17.2 Å². The maximum Gasteiger partial charge on any atom is 0.274 e. The van der Waals surface area contributed by atoms with Crippen LogP contribution in [0.1, 0.15) is 75.0 Å². The van der Waals surface area contributed by atoms with Gasteiger partial charge in [0, 0.05) is 36.1 Å². The Labute approximate surface area is 197 Å². The molecule has 1 N–H and O–H groups in total. The van der Waals surface area contributed by atoms with Crippen molar-refractivity contribution in [1.82, 2.24) is 14.0 Å². The number of carbonyl (C=O) groups excluding carboxylic acids is 1. The maximum absolute atomic E-state index is 13.3. The van der Waals surface area contributed by atoms with Gasteiger partial charge in [-0.1, -0.05) is 0 Å². The first kappa shape index (κ1) is 21.4. The van der Waals surface area contributed by atoms with E-state index < -0.39 is 0 Å². The number of amides is 1. The van der Waals surface area contributed by atoms with Gasteiger partial charge in [-0.15, -0.1) is 0 Å². The molecule has 8 heteroatoms. The first-order valence-corrected chi connectivity index (χ1v) is 12.1. The van der Waals surface area contributed by atoms with Crippen LogP contribution < -0.4 is 15.6 Å². The molecule has 6 rings (SSSR count). The number of aromatic nitrogens is 3. The molecule has 3 aromatic rings. The lowest BCUT2D eigenvalue weighted by atomic mass is 9.84. The van der Waals surface area contributed by atoms with Crippen LogP contribution in [-0.2, 0) is 10.2 Å². The second-order valence-electron chi connectivity index (χ2n) is 10.6. The van der Waals surface area contributed by atoms with E-state index in [4.69, 9.17) is 14.5 Å². The molecule has 34 heavy (non-hydrogen) atoms. The Morgan fingerprint density at radius 3 is 2.76 bits per heavy atom. The summed E-state index contributed by atoms with van der Waals surface area (Å²) < 4.78 is 15.7. The Bertz CT molecular complexity index is 1340. The molecule has 1 saturated heterocycles. The van der Waals surface area contributed by atoms with Crippen LogP contribution in [0.2, 0.25) is 0 Å². The van der Waals surface area contributed by atoms with Crippen molar-refractivity contribution in [1.29, 1.82) is 0 Å². The lowest BCUT2D eigenvalue weighted by Crippen LogP contribution is -2.26. The molecule has 3 fully saturated rings. The van der Waals surface area contributed by atoms with Gasteiger partial charge in [0.15, 0.2) is 0 Å². The van der Waals surface area contributed by atoms with E-state index in [1.165, 1.54) is 0 Å². The monoisotopic (exact) mass is 462 g/mol. The molecule has 2 bridgehead atoms. The highest BCUT2D eigenvalue weighted by atomic mass is 16.5. The second-order valence-corrected chi connectivity index (χ2v) is 10.6. The van der Waals surface area contributed by atoms with Gasteiger partial charge in [-0.05, 0) is 65.0 Å². The van der Waals surface area contributed by atoms with Crippen LogP contribution in [0, 0.1) is 0 Å². The Morgan fingerprint density at radius 1 is 1.29 bits per heavy atom. The van der Waals surface area contributed by atoms with E-state index in [2.05, 4.69) is 12.2 Å². The fraction of sp³-hybridized carbons (Fsp3) is 0.500. The number of imidazole rings is 1. The highest BCUT2D eigenvalue weighted by molar-refractivity contribution is 6.06. The molecular weight excluding hydrogens is 432 g/mol. The quantitative estimate of drug-likeness (QED) is 0.597. The first-order valence-electron chi connectivity index (χ1n) is 12.1. The first-order chi connectivity index (χ1) is 16.3. The summed E-state index contributed by atoms with van der Waals surface area (Å²) in [7, 11) is 0. The van der Waals surface area contributed by atoms with Gasteiger partial charge < -0.3 is 23.8 Å². The van der Waals surface area contributed by atoms with Crippen molar-refractivity contribution in [2.75, 3.05) is 11.9 Å². The molecule has 3 aromatic heterocycles. The fourth-order valence-electron chi connectivity index (χ4n) is 5.48. The summed E-state index contributed by atoms with van der Waals surface area (Å²) in [6.45, 7) is 6.69. The van der Waals surface area contributed by atoms with E-state index in [-0.39, 0.29) is 40.3 Å². The molecule has 4 heterocycles. The van der Waals surface area contributed by atoms with Crippen LogP contribution in [0.15, 0.2) is 41.6 Å². The largest absolute Gasteiger partial charge is 0.490 e. The lowest BCUT2D eigenvalue weighted by Gasteiger charge is -2.24. The number of ether oxygens (including phenoxy) is 2. The van der Waals surface area contributed by atoms with Gasteiger partial charge in [-0.25, -0.2) is 4.98 Å². The molecule has 2 atom stereocenters. The van der Waals surface area contributed by atoms with Crippen LogP contribution in [-0.4, -0.2) is 38.2 Å². The highest BCUT2D eigenvalue weighted by Gasteiger charge is 2.55. The van der Waals surface area contributed by atoms with Gasteiger partial charge in [-0.2, -0.15) is 0 Å². The Kier molecular flexibility index (Phi) is 4.68. The molecule has 178 valence electrons. The molecule has 2 saturated carbocycles. The molecule has 0 unspecified atom stereocenters. The zero-order valence-corrected chi connectivity index (χ0v) is 19.8. The van der Waals surface area contributed by atoms with Crippen molar-refractivity contribution in [2.24, 2.45) is 0 Å². The number of pyridine rings is 2. The predicted octanol–water partition coefficient (Wildman–Crippen LogP) is 4.08. The number of carbonyl (C=O) groups is 1. The van der Waals surface area contributed by atoms with Crippen LogP contribution in [0.4, 0.5) is 5.69 Å². The summed E-state index contributed by atoms with van der Waals surface area (Å²) >= 11 is 0. The van der Waals surface area contributed by atoms with Crippen molar-refractivity contribution in [3.8, 4) is 5.75 Å². The number of nitrogens with one attached hydrogen (secondary N) is 1. The zero-order valence-electron chi connectivity index (χ0n) is 19.8. The highest BCUT2D eigenvalue weighted by Crippen LogP contribution is 2.53. The van der Waals surface area contributed by atoms with Crippen LogP contribution in [0.5, 0.6) is 5.75 Å². The maximum atomic E-state index is 13.3. The summed E-state index contributed by atoms with van der Waals surface area (Å²) in [5.74, 6) is 0.0706. The van der Waals surface area contributed by atoms with E-state index in [1.807, 2.05) is 30.5 Å². The fourth-order valence-corrected chi connectivity index (χ4v) is 5.48. The summed E-state index contributed by atoms with van der Waals surface area (Å²) in [5, 5.41) is 2.81. The van der Waals surface area contributed by atoms with Gasteiger partial charge in [0.1, 0.15) is 17.1 Å². The number of rotatable bonds is 6. The Morgan fingerprint density at radius 2 is 2.12 bits per heavy atom. The second kappa shape index (κ2) is 7.43. The number of nitrogens with zero attached hydrogens (tertiary/aromatic N) is 3. The third-order valence-electron chi connectivity index (χ3n) is 7.41. The van der Waals surface area contributed by atoms with E-state index in [0.717, 1.165) is 43.4 Å². The molecule has 1 amide bonds. The standard InChI is InChI=1S/C26H30N4O4/c1-16(2)34-20-11-22-28-21(26-9-8-25(3,14-26)33-15-26)13-29(22)12-18(20)23(31)27-19-5-4-10-30(24(19)32)17-6-7-17/h4-5,10-13,16-17H,6-9,14-15H2,1-3H3,(H,27,31)/t25-,26-/m0/s1. The third-order valence-corrected chi connectivity index (χ3v) is 7.41. The molecule has 0 spiro atoms. The summed E-state index contributed by atoms with van der Waals surface area (Å²) in [5.41, 5.74) is 2.05. The van der Waals surface area contributed by atoms with Gasteiger partial charge in [0.25, 0.3) is 11.5 Å². The Balaban J connectivity index is 1.37. The molecule has 0 aromatic carbocycles. The minimum Gasteiger partial charge on any atom is -0.490 e. The molecule has 3 aliphatic rings.